The van der Waals surface area contributed by atoms with Crippen molar-refractivity contribution in [1.82, 2.24) is 10.2 Å². The SMILES string of the molecule is CCOC(=O)[C@@H]1[C@@H](c2cccc([N+](=O)[O-])c2)NC(=O)N(C)[C@]1(O)C(F)(F)F. The molecule has 1 aromatic carbocycles. The van der Waals surface area contributed by atoms with E-state index < -0.39 is 46.5 Å². The minimum Gasteiger partial charge on any atom is -0.466 e. The number of alkyl halides is 3. The number of nitrogens with one attached hydrogen (secondary N) is 1. The van der Waals surface area contributed by atoms with Crippen LogP contribution in [-0.4, -0.2) is 52.5 Å². The quantitative estimate of drug-likeness (QED) is 0.458. The van der Waals surface area contributed by atoms with Crippen LogP contribution in [0.2, 0.25) is 0 Å². The van der Waals surface area contributed by atoms with E-state index in [9.17, 15) is 38.0 Å². The Balaban J connectivity index is 2.67. The molecular weight excluding hydrogens is 375 g/mol. The van der Waals surface area contributed by atoms with Gasteiger partial charge in [-0.15, -0.1) is 0 Å². The lowest BCUT2D eigenvalue weighted by atomic mass is 9.81. The number of nitro groups is 1. The van der Waals surface area contributed by atoms with Gasteiger partial charge in [-0.1, -0.05) is 12.1 Å². The van der Waals surface area contributed by atoms with Crippen LogP contribution in [0.25, 0.3) is 0 Å². The minimum atomic E-state index is -5.41. The molecule has 148 valence electrons. The number of carbonyl (C=O) groups is 2. The van der Waals surface area contributed by atoms with Crippen LogP contribution in [0.5, 0.6) is 0 Å². The van der Waals surface area contributed by atoms with Gasteiger partial charge in [0.2, 0.25) is 0 Å². The molecule has 1 saturated heterocycles. The van der Waals surface area contributed by atoms with Crippen LogP contribution in [0.1, 0.15) is 18.5 Å². The summed E-state index contributed by atoms with van der Waals surface area (Å²) in [6.07, 6.45) is -5.41. The molecule has 9 nitrogen and oxygen atoms in total. The number of hydrogen-bond donors (Lipinski definition) is 2. The smallest absolute Gasteiger partial charge is 0.437 e. The fourth-order valence-corrected chi connectivity index (χ4v) is 2.92. The Morgan fingerprint density at radius 2 is 2.11 bits per heavy atom. The number of esters is 1. The number of hydrogen-bond acceptors (Lipinski definition) is 6. The van der Waals surface area contributed by atoms with Gasteiger partial charge in [-0.05, 0) is 12.5 Å². The van der Waals surface area contributed by atoms with Gasteiger partial charge in [-0.2, -0.15) is 13.2 Å². The number of nitrogens with zero attached hydrogens (tertiary/aromatic N) is 2. The highest BCUT2D eigenvalue weighted by atomic mass is 19.4. The van der Waals surface area contributed by atoms with Crippen molar-refractivity contribution in [3.05, 3.63) is 39.9 Å². The van der Waals surface area contributed by atoms with Crippen molar-refractivity contribution in [3.8, 4) is 0 Å². The standard InChI is InChI=1S/C15H16F3N3O6/c1-3-27-12(22)10-11(8-5-4-6-9(7-8)21(25)26)19-13(23)20(2)14(10,24)15(16,17)18/h4-7,10-11,24H,3H2,1-2H3,(H,19,23)/t10-,11+,14+/m0/s1. The van der Waals surface area contributed by atoms with Crippen molar-refractivity contribution < 1.29 is 37.5 Å². The molecule has 1 fully saturated rings. The number of nitro benzene ring substituents is 1. The highest BCUT2D eigenvalue weighted by molar-refractivity contribution is 5.83. The molecule has 2 rings (SSSR count). The highest BCUT2D eigenvalue weighted by Crippen LogP contribution is 2.47. The average Bonchev–Trinajstić information content (AvgIpc) is 2.58. The first-order chi connectivity index (χ1) is 12.4. The number of ether oxygens (including phenoxy) is 1. The summed E-state index contributed by atoms with van der Waals surface area (Å²) in [7, 11) is 0.679. The topological polar surface area (TPSA) is 122 Å². The second kappa shape index (κ2) is 7.02. The van der Waals surface area contributed by atoms with Crippen molar-refractivity contribution in [2.75, 3.05) is 13.7 Å². The Morgan fingerprint density at radius 1 is 1.48 bits per heavy atom. The van der Waals surface area contributed by atoms with Crippen molar-refractivity contribution >= 4 is 17.7 Å². The molecule has 0 unspecified atom stereocenters. The molecule has 1 heterocycles. The van der Waals surface area contributed by atoms with E-state index in [-0.39, 0.29) is 17.1 Å². The lowest BCUT2D eigenvalue weighted by Crippen LogP contribution is -2.73. The predicted molar refractivity (Wildman–Crippen MR) is 83.3 cm³/mol. The Labute approximate surface area is 150 Å². The van der Waals surface area contributed by atoms with Gasteiger partial charge in [0.05, 0.1) is 17.6 Å². The molecule has 1 aliphatic rings. The van der Waals surface area contributed by atoms with Gasteiger partial charge in [-0.25, -0.2) is 4.79 Å². The lowest BCUT2D eigenvalue weighted by Gasteiger charge is -2.49. The monoisotopic (exact) mass is 391 g/mol. The summed E-state index contributed by atoms with van der Waals surface area (Å²) in [4.78, 5) is 34.5. The molecular formula is C15H16F3N3O6. The molecule has 1 aliphatic heterocycles. The molecule has 0 radical (unpaired) electrons. The normalized spacial score (nSPS) is 25.7. The van der Waals surface area contributed by atoms with E-state index >= 15 is 0 Å². The Kier molecular flexibility index (Phi) is 5.31. The zero-order valence-corrected chi connectivity index (χ0v) is 14.2. The van der Waals surface area contributed by atoms with Gasteiger partial charge in [-0.3, -0.25) is 19.8 Å². The number of halogens is 3. The van der Waals surface area contributed by atoms with Gasteiger partial charge >= 0.3 is 18.2 Å². The number of aliphatic hydroxyl groups is 1. The number of benzene rings is 1. The fraction of sp³-hybridized carbons (Fsp3) is 0.467. The largest absolute Gasteiger partial charge is 0.466 e. The van der Waals surface area contributed by atoms with Crippen LogP contribution < -0.4 is 5.32 Å². The van der Waals surface area contributed by atoms with Crippen LogP contribution in [0.15, 0.2) is 24.3 Å². The third kappa shape index (κ3) is 3.39. The third-order valence-electron chi connectivity index (χ3n) is 4.26. The molecule has 0 aromatic heterocycles. The van der Waals surface area contributed by atoms with Gasteiger partial charge in [0, 0.05) is 19.2 Å². The molecule has 2 N–H and O–H groups in total. The number of urea groups is 1. The Hall–Kier alpha value is -2.89. The zero-order chi connectivity index (χ0) is 20.6. The third-order valence-corrected chi connectivity index (χ3v) is 4.26. The van der Waals surface area contributed by atoms with Gasteiger partial charge < -0.3 is 15.2 Å². The number of carbonyl (C=O) groups excluding carboxylic acids is 2. The second-order valence-electron chi connectivity index (χ2n) is 5.79. The first kappa shape index (κ1) is 20.4. The minimum absolute atomic E-state index is 0.0392. The zero-order valence-electron chi connectivity index (χ0n) is 14.2. The number of amides is 2. The van der Waals surface area contributed by atoms with Gasteiger partial charge in [0.25, 0.3) is 11.4 Å². The van der Waals surface area contributed by atoms with Crippen LogP contribution in [0.3, 0.4) is 0 Å². The summed E-state index contributed by atoms with van der Waals surface area (Å²) in [5.41, 5.74) is -4.50. The summed E-state index contributed by atoms with van der Waals surface area (Å²) in [6, 6.07) is 1.37. The highest BCUT2D eigenvalue weighted by Gasteiger charge is 2.69. The summed E-state index contributed by atoms with van der Waals surface area (Å²) in [6.45, 7) is 1.08. The molecule has 27 heavy (non-hydrogen) atoms. The van der Waals surface area contributed by atoms with E-state index in [0.717, 1.165) is 12.1 Å². The van der Waals surface area contributed by atoms with E-state index in [4.69, 9.17) is 0 Å². The molecule has 0 saturated carbocycles. The maximum atomic E-state index is 13.7. The lowest BCUT2D eigenvalue weighted by molar-refractivity contribution is -0.385. The average molecular weight is 391 g/mol. The molecule has 2 amide bonds. The maximum absolute atomic E-state index is 13.7. The van der Waals surface area contributed by atoms with E-state index in [1.165, 1.54) is 19.1 Å². The van der Waals surface area contributed by atoms with E-state index in [1.807, 2.05) is 0 Å². The van der Waals surface area contributed by atoms with Gasteiger partial charge in [0.1, 0.15) is 5.92 Å². The fourth-order valence-electron chi connectivity index (χ4n) is 2.92. The molecule has 0 bridgehead atoms. The van der Waals surface area contributed by atoms with Crippen molar-refractivity contribution in [2.24, 2.45) is 5.92 Å². The summed E-state index contributed by atoms with van der Waals surface area (Å²) in [5, 5.41) is 23.5. The van der Waals surface area contributed by atoms with Crippen molar-refractivity contribution in [2.45, 2.75) is 24.9 Å². The van der Waals surface area contributed by atoms with E-state index in [1.54, 1.807) is 0 Å². The predicted octanol–water partition coefficient (Wildman–Crippen LogP) is 1.72. The first-order valence-corrected chi connectivity index (χ1v) is 7.69. The maximum Gasteiger partial charge on any atom is 0.437 e. The van der Waals surface area contributed by atoms with E-state index in [0.29, 0.717) is 7.05 Å². The van der Waals surface area contributed by atoms with Crippen LogP contribution in [0.4, 0.5) is 23.7 Å². The van der Waals surface area contributed by atoms with Gasteiger partial charge in [0.15, 0.2) is 0 Å². The molecule has 1 aromatic rings. The molecule has 12 heteroatoms. The summed E-state index contributed by atoms with van der Waals surface area (Å²) < 4.78 is 45.8. The molecule has 0 spiro atoms. The van der Waals surface area contributed by atoms with Crippen LogP contribution >= 0.6 is 0 Å². The van der Waals surface area contributed by atoms with Crippen LogP contribution in [0, 0.1) is 16.0 Å². The van der Waals surface area contributed by atoms with Crippen LogP contribution in [-0.2, 0) is 9.53 Å². The first-order valence-electron chi connectivity index (χ1n) is 7.69. The summed E-state index contributed by atoms with van der Waals surface area (Å²) in [5.74, 6) is -3.73. The van der Waals surface area contributed by atoms with Crippen molar-refractivity contribution in [3.63, 3.8) is 0 Å². The Bertz CT molecular complexity index is 771. The summed E-state index contributed by atoms with van der Waals surface area (Å²) >= 11 is 0. The molecule has 3 atom stereocenters. The Morgan fingerprint density at radius 3 is 2.63 bits per heavy atom. The molecule has 0 aliphatic carbocycles. The van der Waals surface area contributed by atoms with Crippen molar-refractivity contribution in [1.29, 1.82) is 0 Å². The van der Waals surface area contributed by atoms with E-state index in [2.05, 4.69) is 10.1 Å². The number of non-ortho nitro benzene ring substituents is 1. The second-order valence-corrected chi connectivity index (χ2v) is 5.79. The number of rotatable bonds is 4.